The number of hydrogen-bond donors (Lipinski definition) is 3. The van der Waals surface area contributed by atoms with E-state index in [1.807, 2.05) is 61.7 Å². The second-order valence-corrected chi connectivity index (χ2v) is 9.09. The molecule has 154 valence electrons. The van der Waals surface area contributed by atoms with Gasteiger partial charge in [0.05, 0.1) is 29.2 Å². The molecule has 1 unspecified atom stereocenters. The first-order valence-electron chi connectivity index (χ1n) is 9.55. The van der Waals surface area contributed by atoms with Crippen LogP contribution in [-0.4, -0.2) is 36.4 Å². The van der Waals surface area contributed by atoms with Gasteiger partial charge in [-0.05, 0) is 36.2 Å². The monoisotopic (exact) mass is 421 g/mol. The first-order valence-corrected chi connectivity index (χ1v) is 11.4. The Bertz CT molecular complexity index is 1270. The van der Waals surface area contributed by atoms with E-state index in [4.69, 9.17) is 0 Å². The highest BCUT2D eigenvalue weighted by molar-refractivity contribution is 7.88. The van der Waals surface area contributed by atoms with Crippen molar-refractivity contribution in [2.75, 3.05) is 18.1 Å². The number of rotatable bonds is 7. The van der Waals surface area contributed by atoms with E-state index >= 15 is 0 Å². The fourth-order valence-electron chi connectivity index (χ4n) is 3.38. The third-order valence-electron chi connectivity index (χ3n) is 4.92. The highest BCUT2D eigenvalue weighted by atomic mass is 32.2. The largest absolute Gasteiger partial charge is 0.376 e. The summed E-state index contributed by atoms with van der Waals surface area (Å²) in [5.41, 5.74) is 5.73. The van der Waals surface area contributed by atoms with Crippen LogP contribution >= 0.6 is 0 Å². The third kappa shape index (κ3) is 4.67. The summed E-state index contributed by atoms with van der Waals surface area (Å²) in [5.74, 6) is 0. The van der Waals surface area contributed by atoms with Gasteiger partial charge < -0.3 is 5.32 Å². The molecule has 1 atom stereocenters. The number of hydrogen-bond acceptors (Lipinski definition) is 5. The molecule has 0 radical (unpaired) electrons. The minimum absolute atomic E-state index is 0.229. The normalized spacial score (nSPS) is 12.7. The van der Waals surface area contributed by atoms with Crippen LogP contribution < -0.4 is 10.0 Å². The Labute approximate surface area is 175 Å². The van der Waals surface area contributed by atoms with E-state index in [0.717, 1.165) is 45.2 Å². The Balaban J connectivity index is 1.63. The molecule has 30 heavy (non-hydrogen) atoms. The Hall–Kier alpha value is -3.23. The van der Waals surface area contributed by atoms with Crippen molar-refractivity contribution in [2.45, 2.75) is 13.0 Å². The summed E-state index contributed by atoms with van der Waals surface area (Å²) in [4.78, 5) is 4.38. The molecule has 2 aromatic heterocycles. The molecule has 0 spiro atoms. The zero-order chi connectivity index (χ0) is 21.1. The number of anilines is 1. The molecular weight excluding hydrogens is 398 g/mol. The SMILES string of the molecule is Cc1n[nH]c2ccc(-c3cncc(NC(CNS(C)(=O)=O)c4ccccc4)c3)cc12. The van der Waals surface area contributed by atoms with Gasteiger partial charge in [-0.15, -0.1) is 0 Å². The van der Waals surface area contributed by atoms with Crippen LogP contribution in [0.2, 0.25) is 0 Å². The highest BCUT2D eigenvalue weighted by Gasteiger charge is 2.14. The molecule has 7 nitrogen and oxygen atoms in total. The minimum atomic E-state index is -3.30. The Morgan fingerprint density at radius 2 is 1.83 bits per heavy atom. The van der Waals surface area contributed by atoms with Gasteiger partial charge in [0.15, 0.2) is 0 Å². The maximum Gasteiger partial charge on any atom is 0.208 e. The highest BCUT2D eigenvalue weighted by Crippen LogP contribution is 2.27. The van der Waals surface area contributed by atoms with E-state index in [0.29, 0.717) is 0 Å². The topological polar surface area (TPSA) is 99.8 Å². The van der Waals surface area contributed by atoms with E-state index in [1.165, 1.54) is 0 Å². The van der Waals surface area contributed by atoms with Gasteiger partial charge in [-0.3, -0.25) is 10.1 Å². The first kappa shape index (κ1) is 20.1. The van der Waals surface area contributed by atoms with Crippen LogP contribution in [0, 0.1) is 6.92 Å². The van der Waals surface area contributed by atoms with E-state index < -0.39 is 10.0 Å². The summed E-state index contributed by atoms with van der Waals surface area (Å²) >= 11 is 0. The standard InChI is InChI=1S/C22H23N5O2S/c1-15-20-11-17(8-9-21(20)27-26-15)18-10-19(13-23-12-18)25-22(14-24-30(2,28)29)16-6-4-3-5-7-16/h3-13,22,24-25H,14H2,1-2H3,(H,26,27). The van der Waals surface area contributed by atoms with Crippen LogP contribution in [0.15, 0.2) is 67.0 Å². The molecule has 0 aliphatic carbocycles. The third-order valence-corrected chi connectivity index (χ3v) is 5.61. The molecule has 8 heteroatoms. The Kier molecular flexibility index (Phi) is 5.52. The maximum absolute atomic E-state index is 11.6. The molecule has 0 saturated carbocycles. The number of nitrogens with one attached hydrogen (secondary N) is 3. The van der Waals surface area contributed by atoms with Gasteiger partial charge in [-0.2, -0.15) is 5.10 Å². The van der Waals surface area contributed by atoms with Crippen LogP contribution in [0.5, 0.6) is 0 Å². The first-order chi connectivity index (χ1) is 14.4. The Morgan fingerprint density at radius 1 is 1.03 bits per heavy atom. The fraction of sp³-hybridized carbons (Fsp3) is 0.182. The lowest BCUT2D eigenvalue weighted by molar-refractivity contribution is 0.582. The molecule has 2 heterocycles. The van der Waals surface area contributed by atoms with Crippen molar-refractivity contribution in [3.05, 3.63) is 78.2 Å². The van der Waals surface area contributed by atoms with Gasteiger partial charge in [0.2, 0.25) is 10.0 Å². The van der Waals surface area contributed by atoms with E-state index in [9.17, 15) is 8.42 Å². The number of pyridine rings is 1. The van der Waals surface area contributed by atoms with E-state index in [-0.39, 0.29) is 12.6 Å². The van der Waals surface area contributed by atoms with Gasteiger partial charge in [-0.1, -0.05) is 36.4 Å². The summed E-state index contributed by atoms with van der Waals surface area (Å²) in [5, 5.41) is 11.8. The lowest BCUT2D eigenvalue weighted by Gasteiger charge is -2.21. The fourth-order valence-corrected chi connectivity index (χ4v) is 3.84. The molecule has 0 saturated heterocycles. The molecule has 3 N–H and O–H groups in total. The van der Waals surface area contributed by atoms with Crippen LogP contribution in [0.4, 0.5) is 5.69 Å². The van der Waals surface area contributed by atoms with Crippen molar-refractivity contribution >= 4 is 26.6 Å². The van der Waals surface area contributed by atoms with E-state index in [2.05, 4.69) is 31.3 Å². The lowest BCUT2D eigenvalue weighted by atomic mass is 10.0. The number of nitrogens with zero attached hydrogens (tertiary/aromatic N) is 2. The van der Waals surface area contributed by atoms with Crippen LogP contribution in [0.1, 0.15) is 17.3 Å². The lowest BCUT2D eigenvalue weighted by Crippen LogP contribution is -2.30. The van der Waals surface area contributed by atoms with Crippen molar-refractivity contribution in [3.63, 3.8) is 0 Å². The molecule has 4 rings (SSSR count). The molecule has 0 aliphatic heterocycles. The van der Waals surface area contributed by atoms with Gasteiger partial charge in [0.1, 0.15) is 0 Å². The van der Waals surface area contributed by atoms with Gasteiger partial charge in [0.25, 0.3) is 0 Å². The van der Waals surface area contributed by atoms with Gasteiger partial charge in [0, 0.05) is 29.9 Å². The minimum Gasteiger partial charge on any atom is -0.376 e. The summed E-state index contributed by atoms with van der Waals surface area (Å²) in [7, 11) is -3.30. The summed E-state index contributed by atoms with van der Waals surface area (Å²) in [6, 6.07) is 17.6. The average molecular weight is 422 g/mol. The van der Waals surface area contributed by atoms with Crippen molar-refractivity contribution in [2.24, 2.45) is 0 Å². The second kappa shape index (κ2) is 8.25. The smallest absolute Gasteiger partial charge is 0.208 e. The molecular formula is C22H23N5O2S. The Morgan fingerprint density at radius 3 is 2.60 bits per heavy atom. The number of benzene rings is 2. The molecule has 4 aromatic rings. The molecule has 0 amide bonds. The van der Waals surface area contributed by atoms with Crippen LogP contribution in [-0.2, 0) is 10.0 Å². The van der Waals surface area contributed by atoms with Gasteiger partial charge >= 0.3 is 0 Å². The van der Waals surface area contributed by atoms with Crippen molar-refractivity contribution in [3.8, 4) is 11.1 Å². The number of aromatic nitrogens is 3. The predicted octanol–water partition coefficient (Wildman–Crippen LogP) is 3.64. The predicted molar refractivity (Wildman–Crippen MR) is 120 cm³/mol. The van der Waals surface area contributed by atoms with E-state index in [1.54, 1.807) is 6.20 Å². The number of aryl methyl sites for hydroxylation is 1. The molecule has 0 fully saturated rings. The van der Waals surface area contributed by atoms with Gasteiger partial charge in [-0.25, -0.2) is 13.1 Å². The van der Waals surface area contributed by atoms with Crippen LogP contribution in [0.25, 0.3) is 22.0 Å². The van der Waals surface area contributed by atoms with Crippen molar-refractivity contribution in [1.29, 1.82) is 0 Å². The molecule has 0 bridgehead atoms. The maximum atomic E-state index is 11.6. The molecule has 0 aliphatic rings. The summed E-state index contributed by atoms with van der Waals surface area (Å²) < 4.78 is 25.8. The number of fused-ring (bicyclic) bond motifs is 1. The summed E-state index contributed by atoms with van der Waals surface area (Å²) in [6.45, 7) is 2.20. The number of sulfonamides is 1. The zero-order valence-corrected chi connectivity index (χ0v) is 17.6. The average Bonchev–Trinajstić information content (AvgIpc) is 3.11. The number of H-pyrrole nitrogens is 1. The number of aromatic amines is 1. The summed E-state index contributed by atoms with van der Waals surface area (Å²) in [6.07, 6.45) is 4.71. The van der Waals surface area contributed by atoms with Crippen molar-refractivity contribution in [1.82, 2.24) is 19.9 Å². The zero-order valence-electron chi connectivity index (χ0n) is 16.8. The van der Waals surface area contributed by atoms with Crippen LogP contribution in [0.3, 0.4) is 0 Å². The van der Waals surface area contributed by atoms with Crippen molar-refractivity contribution < 1.29 is 8.42 Å². The second-order valence-electron chi connectivity index (χ2n) is 7.26. The molecule has 2 aromatic carbocycles. The quantitative estimate of drug-likeness (QED) is 0.423.